The first-order chi connectivity index (χ1) is 8.15. The molecule has 0 bridgehead atoms. The second-order valence-corrected chi connectivity index (χ2v) is 4.26. The Morgan fingerprint density at radius 3 is 2.76 bits per heavy atom. The average Bonchev–Trinajstić information content (AvgIpc) is 2.68. The Morgan fingerprint density at radius 2 is 2.12 bits per heavy atom. The first-order valence-electron chi connectivity index (χ1n) is 5.84. The van der Waals surface area contributed by atoms with Crippen LogP contribution in [-0.4, -0.2) is 17.9 Å². The van der Waals surface area contributed by atoms with Crippen LogP contribution < -0.4 is 10.6 Å². The molecular formula is C13H16N2O2. The highest BCUT2D eigenvalue weighted by Gasteiger charge is 2.36. The molecule has 2 rings (SSSR count). The van der Waals surface area contributed by atoms with Gasteiger partial charge in [-0.15, -0.1) is 0 Å². The summed E-state index contributed by atoms with van der Waals surface area (Å²) in [5.74, 6) is -0.466. The molecule has 1 unspecified atom stereocenters. The lowest BCUT2D eigenvalue weighted by molar-refractivity contribution is -0.124. The molecule has 17 heavy (non-hydrogen) atoms. The van der Waals surface area contributed by atoms with Crippen molar-refractivity contribution in [3.63, 3.8) is 0 Å². The minimum atomic E-state index is -0.522. The van der Waals surface area contributed by atoms with Gasteiger partial charge in [0.15, 0.2) is 0 Å². The number of carbonyl (C=O) groups excluding carboxylic acids is 2. The van der Waals surface area contributed by atoms with Gasteiger partial charge in [-0.1, -0.05) is 25.1 Å². The zero-order valence-electron chi connectivity index (χ0n) is 9.85. The number of nitrogens with two attached hydrogens (primary N) is 1. The van der Waals surface area contributed by atoms with Crippen molar-refractivity contribution in [1.82, 2.24) is 0 Å². The van der Waals surface area contributed by atoms with E-state index < -0.39 is 11.9 Å². The van der Waals surface area contributed by atoms with Gasteiger partial charge in [0.1, 0.15) is 6.04 Å². The number of rotatable bonds is 3. The fourth-order valence-electron chi connectivity index (χ4n) is 2.26. The molecule has 1 atom stereocenters. The molecule has 1 heterocycles. The summed E-state index contributed by atoms with van der Waals surface area (Å²) in [6.07, 6.45) is 1.74. The van der Waals surface area contributed by atoms with Crippen LogP contribution in [0.3, 0.4) is 0 Å². The number of fused-ring (bicyclic) bond motifs is 1. The van der Waals surface area contributed by atoms with Crippen molar-refractivity contribution in [3.05, 3.63) is 29.8 Å². The second-order valence-electron chi connectivity index (χ2n) is 4.26. The predicted molar refractivity (Wildman–Crippen MR) is 65.5 cm³/mol. The van der Waals surface area contributed by atoms with Crippen LogP contribution in [0.15, 0.2) is 24.3 Å². The van der Waals surface area contributed by atoms with Gasteiger partial charge in [-0.3, -0.25) is 14.5 Å². The number of amides is 2. The SMILES string of the molecule is CCCC(=O)N1c2ccccc2CC1C(N)=O. The van der Waals surface area contributed by atoms with E-state index in [1.54, 1.807) is 4.90 Å². The number of benzene rings is 1. The van der Waals surface area contributed by atoms with Gasteiger partial charge < -0.3 is 5.73 Å². The summed E-state index contributed by atoms with van der Waals surface area (Å²) in [5, 5.41) is 0. The van der Waals surface area contributed by atoms with Gasteiger partial charge in [0.25, 0.3) is 0 Å². The fourth-order valence-corrected chi connectivity index (χ4v) is 2.26. The molecule has 2 amide bonds. The van der Waals surface area contributed by atoms with Gasteiger partial charge in [0.05, 0.1) is 0 Å². The molecule has 0 saturated heterocycles. The Labute approximate surface area is 100 Å². The molecule has 0 fully saturated rings. The van der Waals surface area contributed by atoms with Crippen molar-refractivity contribution in [2.24, 2.45) is 5.73 Å². The molecule has 1 aromatic rings. The zero-order chi connectivity index (χ0) is 12.4. The van der Waals surface area contributed by atoms with Gasteiger partial charge >= 0.3 is 0 Å². The molecule has 90 valence electrons. The highest BCUT2D eigenvalue weighted by molar-refractivity contribution is 6.03. The largest absolute Gasteiger partial charge is 0.368 e. The van der Waals surface area contributed by atoms with Gasteiger partial charge in [0.2, 0.25) is 11.8 Å². The fraction of sp³-hybridized carbons (Fsp3) is 0.385. The first kappa shape index (κ1) is 11.6. The summed E-state index contributed by atoms with van der Waals surface area (Å²) in [7, 11) is 0. The lowest BCUT2D eigenvalue weighted by atomic mass is 10.1. The molecule has 1 aliphatic heterocycles. The summed E-state index contributed by atoms with van der Waals surface area (Å²) < 4.78 is 0. The van der Waals surface area contributed by atoms with Gasteiger partial charge in [-0.25, -0.2) is 0 Å². The van der Waals surface area contributed by atoms with Crippen molar-refractivity contribution in [3.8, 4) is 0 Å². The summed E-state index contributed by atoms with van der Waals surface area (Å²) >= 11 is 0. The van der Waals surface area contributed by atoms with Crippen LogP contribution in [0.4, 0.5) is 5.69 Å². The van der Waals surface area contributed by atoms with E-state index in [0.717, 1.165) is 17.7 Å². The van der Waals surface area contributed by atoms with Crippen LogP contribution in [0.1, 0.15) is 25.3 Å². The summed E-state index contributed by atoms with van der Waals surface area (Å²) in [4.78, 5) is 25.0. The van der Waals surface area contributed by atoms with Crippen molar-refractivity contribution in [1.29, 1.82) is 0 Å². The number of nitrogens with zero attached hydrogens (tertiary/aromatic N) is 1. The van der Waals surface area contributed by atoms with E-state index in [0.29, 0.717) is 12.8 Å². The first-order valence-corrected chi connectivity index (χ1v) is 5.84. The molecular weight excluding hydrogens is 216 g/mol. The maximum Gasteiger partial charge on any atom is 0.240 e. The molecule has 0 spiro atoms. The smallest absolute Gasteiger partial charge is 0.240 e. The van der Waals surface area contributed by atoms with Crippen LogP contribution in [0, 0.1) is 0 Å². The monoisotopic (exact) mass is 232 g/mol. The van der Waals surface area contributed by atoms with Gasteiger partial charge in [-0.05, 0) is 18.1 Å². The van der Waals surface area contributed by atoms with Crippen molar-refractivity contribution >= 4 is 17.5 Å². The quantitative estimate of drug-likeness (QED) is 0.852. The number of para-hydroxylation sites is 1. The lowest BCUT2D eigenvalue weighted by Crippen LogP contribution is -2.46. The van der Waals surface area contributed by atoms with Gasteiger partial charge in [0, 0.05) is 18.5 Å². The highest BCUT2D eigenvalue weighted by Crippen LogP contribution is 2.32. The molecule has 0 aliphatic carbocycles. The van der Waals surface area contributed by atoms with E-state index in [9.17, 15) is 9.59 Å². The van der Waals surface area contributed by atoms with E-state index in [1.165, 1.54) is 0 Å². The maximum absolute atomic E-state index is 12.0. The normalized spacial score (nSPS) is 17.9. The van der Waals surface area contributed by atoms with E-state index in [-0.39, 0.29) is 5.91 Å². The Bertz CT molecular complexity index is 456. The lowest BCUT2D eigenvalue weighted by Gasteiger charge is -2.23. The Hall–Kier alpha value is -1.84. The Balaban J connectivity index is 2.37. The average molecular weight is 232 g/mol. The van der Waals surface area contributed by atoms with E-state index in [2.05, 4.69) is 0 Å². The third-order valence-corrected chi connectivity index (χ3v) is 3.04. The van der Waals surface area contributed by atoms with Crippen LogP contribution in [0.5, 0.6) is 0 Å². The number of anilines is 1. The second kappa shape index (κ2) is 4.57. The molecule has 0 radical (unpaired) electrons. The third kappa shape index (κ3) is 2.02. The molecule has 2 N–H and O–H groups in total. The number of hydrogen-bond acceptors (Lipinski definition) is 2. The molecule has 0 saturated carbocycles. The summed E-state index contributed by atoms with van der Waals surface area (Å²) in [5.41, 5.74) is 7.21. The molecule has 1 aromatic carbocycles. The van der Waals surface area contributed by atoms with E-state index in [4.69, 9.17) is 5.73 Å². The molecule has 0 aromatic heterocycles. The molecule has 4 nitrogen and oxygen atoms in total. The minimum absolute atomic E-state index is 0.0266. The maximum atomic E-state index is 12.0. The molecule has 4 heteroatoms. The predicted octanol–water partition coefficient (Wildman–Crippen LogP) is 1.23. The van der Waals surface area contributed by atoms with Crippen LogP contribution in [-0.2, 0) is 16.0 Å². The number of hydrogen-bond donors (Lipinski definition) is 1. The van der Waals surface area contributed by atoms with Crippen molar-refractivity contribution in [2.75, 3.05) is 4.90 Å². The Kier molecular flexibility index (Phi) is 3.13. The van der Waals surface area contributed by atoms with Gasteiger partial charge in [-0.2, -0.15) is 0 Å². The summed E-state index contributed by atoms with van der Waals surface area (Å²) in [6.45, 7) is 1.94. The van der Waals surface area contributed by atoms with E-state index >= 15 is 0 Å². The Morgan fingerprint density at radius 1 is 1.41 bits per heavy atom. The topological polar surface area (TPSA) is 63.4 Å². The third-order valence-electron chi connectivity index (χ3n) is 3.04. The standard InChI is InChI=1S/C13H16N2O2/c1-2-5-12(16)15-10-7-4-3-6-9(10)8-11(15)13(14)17/h3-4,6-7,11H,2,5,8H2,1H3,(H2,14,17). The van der Waals surface area contributed by atoms with E-state index in [1.807, 2.05) is 31.2 Å². The van der Waals surface area contributed by atoms with Crippen LogP contribution >= 0.6 is 0 Å². The highest BCUT2D eigenvalue weighted by atomic mass is 16.2. The minimum Gasteiger partial charge on any atom is -0.368 e. The van der Waals surface area contributed by atoms with Crippen molar-refractivity contribution < 1.29 is 9.59 Å². The number of carbonyl (C=O) groups is 2. The van der Waals surface area contributed by atoms with Crippen LogP contribution in [0.2, 0.25) is 0 Å². The number of primary amides is 1. The summed E-state index contributed by atoms with van der Waals surface area (Å²) in [6, 6.07) is 7.06. The van der Waals surface area contributed by atoms with Crippen LogP contribution in [0.25, 0.3) is 0 Å². The zero-order valence-corrected chi connectivity index (χ0v) is 9.85. The molecule has 1 aliphatic rings. The van der Waals surface area contributed by atoms with Crippen molar-refractivity contribution in [2.45, 2.75) is 32.2 Å².